The number of benzene rings is 2. The lowest BCUT2D eigenvalue weighted by Gasteiger charge is -2.06. The molecule has 1 aromatic heterocycles. The van der Waals surface area contributed by atoms with Crippen molar-refractivity contribution in [3.63, 3.8) is 0 Å². The normalized spacial score (nSPS) is 14.0. The predicted molar refractivity (Wildman–Crippen MR) is 96.5 cm³/mol. The molecule has 0 saturated heterocycles. The third-order valence-corrected chi connectivity index (χ3v) is 4.67. The fourth-order valence-corrected chi connectivity index (χ4v) is 2.99. The molecule has 1 fully saturated rings. The lowest BCUT2D eigenvalue weighted by atomic mass is 10.0. The lowest BCUT2D eigenvalue weighted by Crippen LogP contribution is -2.16. The largest absolute Gasteiger partial charge is 0.356 e. The Labute approximate surface area is 142 Å². The molecular weight excluding hydrogens is 296 g/mol. The van der Waals surface area contributed by atoms with Gasteiger partial charge in [-0.1, -0.05) is 59.8 Å². The molecule has 1 saturated carbocycles. The lowest BCUT2D eigenvalue weighted by molar-refractivity contribution is 0.426. The van der Waals surface area contributed by atoms with Crippen molar-refractivity contribution in [2.45, 2.75) is 26.3 Å². The fourth-order valence-electron chi connectivity index (χ4n) is 2.99. The first-order valence-electron chi connectivity index (χ1n) is 8.63. The van der Waals surface area contributed by atoms with E-state index in [0.717, 1.165) is 36.0 Å². The van der Waals surface area contributed by atoms with Crippen LogP contribution in [0.2, 0.25) is 0 Å². The zero-order valence-corrected chi connectivity index (χ0v) is 14.0. The number of aromatic nitrogens is 1. The molecule has 1 heterocycles. The van der Waals surface area contributed by atoms with E-state index in [1.54, 1.807) is 0 Å². The first kappa shape index (κ1) is 15.2. The summed E-state index contributed by atoms with van der Waals surface area (Å²) in [6.45, 7) is 3.93. The molecule has 0 radical (unpaired) electrons. The number of nitrogens with one attached hydrogen (secondary N) is 1. The summed E-state index contributed by atoms with van der Waals surface area (Å²) >= 11 is 0. The van der Waals surface area contributed by atoms with E-state index in [9.17, 15) is 0 Å². The van der Waals surface area contributed by atoms with E-state index < -0.39 is 0 Å². The van der Waals surface area contributed by atoms with E-state index in [1.807, 2.05) is 13.0 Å². The summed E-state index contributed by atoms with van der Waals surface area (Å²) in [5, 5.41) is 7.71. The first-order valence-corrected chi connectivity index (χ1v) is 8.63. The van der Waals surface area contributed by atoms with Crippen LogP contribution in [0.3, 0.4) is 0 Å². The van der Waals surface area contributed by atoms with Crippen LogP contribution in [-0.2, 0) is 6.54 Å². The topological polar surface area (TPSA) is 38.1 Å². The van der Waals surface area contributed by atoms with Crippen LogP contribution in [-0.4, -0.2) is 11.7 Å². The van der Waals surface area contributed by atoms with Gasteiger partial charge in [-0.2, -0.15) is 0 Å². The minimum Gasteiger partial charge on any atom is -0.356 e. The highest BCUT2D eigenvalue weighted by atomic mass is 16.5. The maximum Gasteiger partial charge on any atom is 0.171 e. The Morgan fingerprint density at radius 2 is 1.62 bits per heavy atom. The predicted octanol–water partition coefficient (Wildman–Crippen LogP) is 4.82. The van der Waals surface area contributed by atoms with Crippen LogP contribution in [0, 0.1) is 12.8 Å². The van der Waals surface area contributed by atoms with Gasteiger partial charge in [0, 0.05) is 17.7 Å². The van der Waals surface area contributed by atoms with Gasteiger partial charge >= 0.3 is 0 Å². The van der Waals surface area contributed by atoms with Crippen molar-refractivity contribution in [1.29, 1.82) is 0 Å². The molecule has 24 heavy (non-hydrogen) atoms. The fraction of sp³-hybridized carbons (Fsp3) is 0.286. The third kappa shape index (κ3) is 3.26. The number of rotatable bonds is 6. The van der Waals surface area contributed by atoms with E-state index in [1.165, 1.54) is 29.5 Å². The van der Waals surface area contributed by atoms with Gasteiger partial charge in [-0.05, 0) is 43.4 Å². The minimum atomic E-state index is 0.821. The second kappa shape index (κ2) is 6.62. The Morgan fingerprint density at radius 3 is 2.33 bits per heavy atom. The molecule has 0 atom stereocenters. The van der Waals surface area contributed by atoms with Gasteiger partial charge in [0.15, 0.2) is 5.76 Å². The molecule has 1 aliphatic carbocycles. The van der Waals surface area contributed by atoms with Gasteiger partial charge in [0.05, 0.1) is 5.69 Å². The number of hydrogen-bond acceptors (Lipinski definition) is 3. The molecule has 2 aromatic carbocycles. The molecule has 3 nitrogen and oxygen atoms in total. The zero-order valence-electron chi connectivity index (χ0n) is 14.0. The van der Waals surface area contributed by atoms with Gasteiger partial charge in [0.2, 0.25) is 0 Å². The Bertz CT molecular complexity index is 802. The highest BCUT2D eigenvalue weighted by Gasteiger charge is 2.21. The maximum atomic E-state index is 5.61. The Morgan fingerprint density at radius 1 is 0.958 bits per heavy atom. The van der Waals surface area contributed by atoms with E-state index in [0.29, 0.717) is 0 Å². The smallest absolute Gasteiger partial charge is 0.171 e. The van der Waals surface area contributed by atoms with Gasteiger partial charge in [-0.25, -0.2) is 0 Å². The summed E-state index contributed by atoms with van der Waals surface area (Å²) in [6.07, 6.45) is 2.73. The van der Waals surface area contributed by atoms with E-state index in [4.69, 9.17) is 4.52 Å². The summed E-state index contributed by atoms with van der Waals surface area (Å²) < 4.78 is 5.61. The quantitative estimate of drug-likeness (QED) is 0.708. The van der Waals surface area contributed by atoms with Crippen molar-refractivity contribution in [1.82, 2.24) is 10.5 Å². The summed E-state index contributed by atoms with van der Waals surface area (Å²) in [7, 11) is 0. The van der Waals surface area contributed by atoms with Crippen molar-refractivity contribution in [3.8, 4) is 22.5 Å². The van der Waals surface area contributed by atoms with Gasteiger partial charge in [0.1, 0.15) is 0 Å². The van der Waals surface area contributed by atoms with Crippen molar-refractivity contribution < 1.29 is 4.52 Å². The van der Waals surface area contributed by atoms with Crippen LogP contribution in [0.5, 0.6) is 0 Å². The maximum absolute atomic E-state index is 5.61. The molecule has 4 rings (SSSR count). The summed E-state index contributed by atoms with van der Waals surface area (Å²) in [5.74, 6) is 1.76. The standard InChI is InChI=1S/C21H22N2O/c1-15-20(14-22-13-16-7-8-16)21(24-23-15)19-11-9-18(10-12-19)17-5-3-2-4-6-17/h2-6,9-12,16,22H,7-8,13-14H2,1H3. The van der Waals surface area contributed by atoms with Gasteiger partial charge in [-0.3, -0.25) is 0 Å². The zero-order chi connectivity index (χ0) is 16.4. The minimum absolute atomic E-state index is 0.821. The second-order valence-corrected chi connectivity index (χ2v) is 6.59. The Hall–Kier alpha value is -2.39. The van der Waals surface area contributed by atoms with E-state index in [-0.39, 0.29) is 0 Å². The third-order valence-electron chi connectivity index (χ3n) is 4.67. The van der Waals surface area contributed by atoms with Gasteiger partial charge in [-0.15, -0.1) is 0 Å². The average molecular weight is 318 g/mol. The molecule has 3 aromatic rings. The van der Waals surface area contributed by atoms with Crippen molar-refractivity contribution >= 4 is 0 Å². The SMILES string of the molecule is Cc1noc(-c2ccc(-c3ccccc3)cc2)c1CNCC1CC1. The summed E-state index contributed by atoms with van der Waals surface area (Å²) in [4.78, 5) is 0. The molecule has 0 spiro atoms. The van der Waals surface area contributed by atoms with Crippen LogP contribution in [0.15, 0.2) is 59.1 Å². The number of nitrogens with zero attached hydrogens (tertiary/aromatic N) is 1. The Kier molecular flexibility index (Phi) is 4.18. The molecule has 122 valence electrons. The number of aryl methyl sites for hydroxylation is 1. The molecule has 0 aliphatic heterocycles. The van der Waals surface area contributed by atoms with Crippen LogP contribution in [0.4, 0.5) is 0 Å². The Balaban J connectivity index is 1.55. The molecule has 0 unspecified atom stereocenters. The molecular formula is C21H22N2O. The highest BCUT2D eigenvalue weighted by Crippen LogP contribution is 2.30. The highest BCUT2D eigenvalue weighted by molar-refractivity contribution is 5.69. The second-order valence-electron chi connectivity index (χ2n) is 6.59. The molecule has 1 aliphatic rings. The van der Waals surface area contributed by atoms with Gasteiger partial charge < -0.3 is 9.84 Å². The average Bonchev–Trinajstić information content (AvgIpc) is 3.39. The molecule has 3 heteroatoms. The summed E-state index contributed by atoms with van der Waals surface area (Å²) in [5.41, 5.74) is 5.66. The van der Waals surface area contributed by atoms with Crippen LogP contribution < -0.4 is 5.32 Å². The molecule has 0 amide bonds. The molecule has 1 N–H and O–H groups in total. The van der Waals surface area contributed by atoms with E-state index in [2.05, 4.69) is 59.0 Å². The van der Waals surface area contributed by atoms with Crippen molar-refractivity contribution in [2.75, 3.05) is 6.54 Å². The van der Waals surface area contributed by atoms with Crippen LogP contribution >= 0.6 is 0 Å². The summed E-state index contributed by atoms with van der Waals surface area (Å²) in [6, 6.07) is 18.9. The molecule has 0 bridgehead atoms. The van der Waals surface area contributed by atoms with E-state index >= 15 is 0 Å². The first-order chi connectivity index (χ1) is 11.8. The number of hydrogen-bond donors (Lipinski definition) is 1. The van der Waals surface area contributed by atoms with Crippen LogP contribution in [0.25, 0.3) is 22.5 Å². The van der Waals surface area contributed by atoms with Crippen molar-refractivity contribution in [3.05, 3.63) is 65.9 Å². The monoisotopic (exact) mass is 318 g/mol. The van der Waals surface area contributed by atoms with Gasteiger partial charge in [0.25, 0.3) is 0 Å². The van der Waals surface area contributed by atoms with Crippen molar-refractivity contribution in [2.24, 2.45) is 5.92 Å². The van der Waals surface area contributed by atoms with Crippen LogP contribution in [0.1, 0.15) is 24.1 Å².